The second kappa shape index (κ2) is 5.57. The summed E-state index contributed by atoms with van der Waals surface area (Å²) in [6.45, 7) is 1.46. The number of aromatic nitrogens is 1. The molecule has 2 rings (SSSR count). The Kier molecular flexibility index (Phi) is 4.09. The van der Waals surface area contributed by atoms with Gasteiger partial charge in [0.15, 0.2) is 0 Å². The van der Waals surface area contributed by atoms with E-state index in [0.717, 1.165) is 23.0 Å². The van der Waals surface area contributed by atoms with Crippen molar-refractivity contribution in [2.24, 2.45) is 5.73 Å². The molecule has 1 aromatic heterocycles. The predicted octanol–water partition coefficient (Wildman–Crippen LogP) is 2.34. The van der Waals surface area contributed by atoms with Crippen molar-refractivity contribution in [1.82, 2.24) is 9.88 Å². The van der Waals surface area contributed by atoms with E-state index in [4.69, 9.17) is 17.3 Å². The highest BCUT2D eigenvalue weighted by atomic mass is 35.5. The monoisotopic (exact) mass is 255 g/mol. The van der Waals surface area contributed by atoms with E-state index < -0.39 is 0 Å². The number of halogens is 1. The number of nitrogens with zero attached hydrogens (tertiary/aromatic N) is 2. The lowest BCUT2D eigenvalue weighted by Gasteiger charge is -2.23. The average molecular weight is 256 g/mol. The molecule has 0 saturated heterocycles. The van der Waals surface area contributed by atoms with Crippen LogP contribution in [0.25, 0.3) is 0 Å². The van der Waals surface area contributed by atoms with Crippen LogP contribution in [0.1, 0.15) is 12.1 Å². The van der Waals surface area contributed by atoms with E-state index in [9.17, 15) is 0 Å². The van der Waals surface area contributed by atoms with Gasteiger partial charge in [0.2, 0.25) is 0 Å². The van der Waals surface area contributed by atoms with E-state index in [0.29, 0.717) is 11.9 Å². The molecular formula is C11H14ClN3S. The number of rotatable bonds is 4. The molecule has 2 heterocycles. The van der Waals surface area contributed by atoms with Crippen LogP contribution in [0.5, 0.6) is 0 Å². The molecule has 0 spiro atoms. The third-order valence-electron chi connectivity index (χ3n) is 2.37. The smallest absolute Gasteiger partial charge is 0.0914 e. The molecule has 1 atom stereocenters. The minimum atomic E-state index is 0.347. The Labute approximate surface area is 105 Å². The predicted molar refractivity (Wildman–Crippen MR) is 68.8 cm³/mol. The Balaban J connectivity index is 2.02. The van der Waals surface area contributed by atoms with Gasteiger partial charge in [0.25, 0.3) is 0 Å². The van der Waals surface area contributed by atoms with Gasteiger partial charge >= 0.3 is 0 Å². The summed E-state index contributed by atoms with van der Waals surface area (Å²) >= 11 is 7.69. The summed E-state index contributed by atoms with van der Waals surface area (Å²) in [5.74, 6) is 0. The number of pyridine rings is 1. The largest absolute Gasteiger partial charge is 0.357 e. The second-order valence-electron chi connectivity index (χ2n) is 3.58. The van der Waals surface area contributed by atoms with E-state index in [-0.39, 0.29) is 0 Å². The Morgan fingerprint density at radius 2 is 2.38 bits per heavy atom. The standard InChI is InChI=1S/C11H14ClN3S/c12-10-8-15(11(16-10)4-5-13)7-9-3-1-2-6-14-9/h1-3,6,8,11H,4-5,7,13H2. The highest BCUT2D eigenvalue weighted by molar-refractivity contribution is 8.05. The Hall–Kier alpha value is -0.710. The summed E-state index contributed by atoms with van der Waals surface area (Å²) in [5.41, 5.74) is 6.64. The van der Waals surface area contributed by atoms with Gasteiger partial charge < -0.3 is 10.6 Å². The molecule has 0 aromatic carbocycles. The summed E-state index contributed by atoms with van der Waals surface area (Å²) in [7, 11) is 0. The maximum Gasteiger partial charge on any atom is 0.0914 e. The van der Waals surface area contributed by atoms with E-state index in [1.54, 1.807) is 11.8 Å². The third kappa shape index (κ3) is 2.90. The van der Waals surface area contributed by atoms with Crippen LogP contribution < -0.4 is 5.73 Å². The molecule has 1 unspecified atom stereocenters. The van der Waals surface area contributed by atoms with Crippen molar-refractivity contribution >= 4 is 23.4 Å². The molecule has 3 nitrogen and oxygen atoms in total. The summed E-state index contributed by atoms with van der Waals surface area (Å²) in [6, 6.07) is 5.93. The molecule has 0 radical (unpaired) electrons. The summed E-state index contributed by atoms with van der Waals surface area (Å²) < 4.78 is 0.828. The van der Waals surface area contributed by atoms with Crippen LogP contribution in [-0.4, -0.2) is 21.8 Å². The van der Waals surface area contributed by atoms with Crippen molar-refractivity contribution in [3.63, 3.8) is 0 Å². The van der Waals surface area contributed by atoms with Crippen LogP contribution in [0, 0.1) is 0 Å². The van der Waals surface area contributed by atoms with Gasteiger partial charge in [-0.2, -0.15) is 0 Å². The van der Waals surface area contributed by atoms with Crippen LogP contribution in [0.2, 0.25) is 0 Å². The van der Waals surface area contributed by atoms with Crippen molar-refractivity contribution in [3.05, 3.63) is 40.7 Å². The first-order valence-corrected chi connectivity index (χ1v) is 6.45. The number of hydrogen-bond donors (Lipinski definition) is 1. The SMILES string of the molecule is NCCC1SC(Cl)=CN1Cc1ccccn1. The molecule has 0 amide bonds. The van der Waals surface area contributed by atoms with Gasteiger partial charge in [-0.15, -0.1) is 0 Å². The van der Waals surface area contributed by atoms with Crippen LogP contribution in [-0.2, 0) is 6.54 Å². The van der Waals surface area contributed by atoms with Crippen molar-refractivity contribution in [2.45, 2.75) is 18.3 Å². The van der Waals surface area contributed by atoms with Gasteiger partial charge in [-0.25, -0.2) is 0 Å². The first kappa shape index (κ1) is 11.8. The molecule has 2 N–H and O–H groups in total. The first-order valence-electron chi connectivity index (χ1n) is 5.19. The zero-order valence-electron chi connectivity index (χ0n) is 8.84. The van der Waals surface area contributed by atoms with E-state index >= 15 is 0 Å². The van der Waals surface area contributed by atoms with E-state index in [1.807, 2.05) is 30.6 Å². The molecule has 1 aromatic rings. The van der Waals surface area contributed by atoms with Crippen LogP contribution in [0.3, 0.4) is 0 Å². The quantitative estimate of drug-likeness (QED) is 0.897. The number of hydrogen-bond acceptors (Lipinski definition) is 4. The molecule has 0 saturated carbocycles. The average Bonchev–Trinajstić information content (AvgIpc) is 2.61. The molecule has 86 valence electrons. The molecule has 0 fully saturated rings. The maximum absolute atomic E-state index is 6.02. The minimum Gasteiger partial charge on any atom is -0.357 e. The van der Waals surface area contributed by atoms with Crippen LogP contribution in [0.4, 0.5) is 0 Å². The van der Waals surface area contributed by atoms with Gasteiger partial charge in [-0.3, -0.25) is 4.98 Å². The molecule has 5 heteroatoms. The molecular weight excluding hydrogens is 242 g/mol. The van der Waals surface area contributed by atoms with Crippen molar-refractivity contribution in [2.75, 3.05) is 6.54 Å². The van der Waals surface area contributed by atoms with Gasteiger partial charge in [-0.1, -0.05) is 29.4 Å². The third-order valence-corrected chi connectivity index (χ3v) is 3.84. The van der Waals surface area contributed by atoms with Crippen molar-refractivity contribution < 1.29 is 0 Å². The Morgan fingerprint density at radius 3 is 3.06 bits per heavy atom. The van der Waals surface area contributed by atoms with Gasteiger partial charge in [0.1, 0.15) is 0 Å². The van der Waals surface area contributed by atoms with E-state index in [1.165, 1.54) is 0 Å². The van der Waals surface area contributed by atoms with Crippen LogP contribution in [0.15, 0.2) is 35.0 Å². The lowest BCUT2D eigenvalue weighted by atomic mass is 10.3. The van der Waals surface area contributed by atoms with Crippen molar-refractivity contribution in [1.29, 1.82) is 0 Å². The Bertz CT molecular complexity index is 369. The molecule has 1 aliphatic rings. The fourth-order valence-corrected chi connectivity index (χ4v) is 3.05. The summed E-state index contributed by atoms with van der Waals surface area (Å²) in [5, 5.41) is 0.347. The highest BCUT2D eigenvalue weighted by Crippen LogP contribution is 2.37. The van der Waals surface area contributed by atoms with Gasteiger partial charge in [0, 0.05) is 12.4 Å². The molecule has 0 aliphatic carbocycles. The fraction of sp³-hybridized carbons (Fsp3) is 0.364. The molecule has 16 heavy (non-hydrogen) atoms. The fourth-order valence-electron chi connectivity index (χ4n) is 1.64. The topological polar surface area (TPSA) is 42.1 Å². The van der Waals surface area contributed by atoms with Gasteiger partial charge in [-0.05, 0) is 25.1 Å². The first-order chi connectivity index (χ1) is 7.79. The highest BCUT2D eigenvalue weighted by Gasteiger charge is 2.23. The summed E-state index contributed by atoms with van der Waals surface area (Å²) in [4.78, 5) is 6.50. The minimum absolute atomic E-state index is 0.347. The number of nitrogens with two attached hydrogens (primary N) is 1. The zero-order valence-corrected chi connectivity index (χ0v) is 10.4. The normalized spacial score (nSPS) is 20.0. The van der Waals surface area contributed by atoms with Gasteiger partial charge in [0.05, 0.1) is 22.0 Å². The lowest BCUT2D eigenvalue weighted by Crippen LogP contribution is -2.26. The van der Waals surface area contributed by atoms with Crippen LogP contribution >= 0.6 is 23.4 Å². The molecule has 0 bridgehead atoms. The van der Waals surface area contributed by atoms with Crippen molar-refractivity contribution in [3.8, 4) is 0 Å². The summed E-state index contributed by atoms with van der Waals surface area (Å²) in [6.07, 6.45) is 4.72. The maximum atomic E-state index is 6.02. The van der Waals surface area contributed by atoms with E-state index in [2.05, 4.69) is 9.88 Å². The zero-order chi connectivity index (χ0) is 11.4. The Morgan fingerprint density at radius 1 is 1.50 bits per heavy atom. The lowest BCUT2D eigenvalue weighted by molar-refractivity contribution is 0.339. The second-order valence-corrected chi connectivity index (χ2v) is 5.43. The number of thioether (sulfide) groups is 1. The molecule has 1 aliphatic heterocycles.